The highest BCUT2D eigenvalue weighted by Gasteiger charge is 2.24. The van der Waals surface area contributed by atoms with Crippen LogP contribution >= 0.6 is 0 Å². The molecule has 106 valence electrons. The van der Waals surface area contributed by atoms with E-state index in [0.717, 1.165) is 5.56 Å². The lowest BCUT2D eigenvalue weighted by atomic mass is 10.1. The van der Waals surface area contributed by atoms with Crippen LogP contribution in [-0.2, 0) is 11.4 Å². The number of benzene rings is 2. The number of imide groups is 1. The summed E-state index contributed by atoms with van der Waals surface area (Å²) in [5.74, 6) is -0.228. The molecule has 0 saturated heterocycles. The minimum atomic E-state index is -0.504. The van der Waals surface area contributed by atoms with Crippen molar-refractivity contribution in [3.8, 4) is 11.5 Å². The van der Waals surface area contributed by atoms with Crippen molar-refractivity contribution in [1.82, 2.24) is 5.32 Å². The van der Waals surface area contributed by atoms with Crippen molar-refractivity contribution < 1.29 is 19.1 Å². The maximum atomic E-state index is 12.1. The van der Waals surface area contributed by atoms with Gasteiger partial charge in [0, 0.05) is 0 Å². The minimum absolute atomic E-state index is 0.180. The van der Waals surface area contributed by atoms with Crippen LogP contribution in [0.5, 0.6) is 11.5 Å². The number of amides is 2. The fraction of sp³-hybridized carbons (Fsp3) is 0.125. The first kappa shape index (κ1) is 13.2. The van der Waals surface area contributed by atoms with E-state index in [4.69, 9.17) is 9.47 Å². The molecule has 1 N–H and O–H groups in total. The number of fused-ring (bicyclic) bond motifs is 1. The van der Waals surface area contributed by atoms with Crippen molar-refractivity contribution in [3.63, 3.8) is 0 Å². The largest absolute Gasteiger partial charge is 0.488 e. The number of ether oxygens (including phenoxy) is 2. The normalized spacial score (nSPS) is 13.7. The first-order valence-corrected chi connectivity index (χ1v) is 6.51. The Labute approximate surface area is 121 Å². The third kappa shape index (κ3) is 2.86. The van der Waals surface area contributed by atoms with Crippen molar-refractivity contribution in [2.45, 2.75) is 6.61 Å². The lowest BCUT2D eigenvalue weighted by Crippen LogP contribution is -2.31. The van der Waals surface area contributed by atoms with E-state index in [0.29, 0.717) is 18.1 Å². The Kier molecular flexibility index (Phi) is 3.55. The number of carbonyl (C=O) groups is 2. The molecule has 3 rings (SSSR count). The lowest BCUT2D eigenvalue weighted by Gasteiger charge is -2.12. The molecule has 2 aromatic rings. The van der Waals surface area contributed by atoms with Gasteiger partial charge in [-0.2, -0.15) is 0 Å². The Morgan fingerprint density at radius 1 is 1.05 bits per heavy atom. The van der Waals surface area contributed by atoms with Crippen LogP contribution in [0.1, 0.15) is 15.9 Å². The number of rotatable bonds is 3. The van der Waals surface area contributed by atoms with E-state index >= 15 is 0 Å². The Morgan fingerprint density at radius 3 is 2.67 bits per heavy atom. The second kappa shape index (κ2) is 5.66. The molecule has 0 atom stereocenters. The summed E-state index contributed by atoms with van der Waals surface area (Å²) in [6.07, 6.45) is 0. The Bertz CT molecular complexity index is 682. The summed E-state index contributed by atoms with van der Waals surface area (Å²) in [5, 5.41) is 2.25. The minimum Gasteiger partial charge on any atom is -0.488 e. The topological polar surface area (TPSA) is 64.6 Å². The van der Waals surface area contributed by atoms with Crippen molar-refractivity contribution in [2.24, 2.45) is 0 Å². The Hall–Kier alpha value is -2.82. The highest BCUT2D eigenvalue weighted by Crippen LogP contribution is 2.30. The molecule has 1 aliphatic heterocycles. The first-order chi connectivity index (χ1) is 10.2. The molecule has 0 fully saturated rings. The first-order valence-electron chi connectivity index (χ1n) is 6.51. The molecular formula is C16H13NO4. The molecule has 0 aromatic heterocycles. The highest BCUT2D eigenvalue weighted by atomic mass is 16.5. The number of carbonyl (C=O) groups excluding carboxylic acids is 2. The van der Waals surface area contributed by atoms with Crippen LogP contribution in [0.2, 0.25) is 0 Å². The van der Waals surface area contributed by atoms with Crippen LogP contribution in [0.25, 0.3) is 0 Å². The van der Waals surface area contributed by atoms with Crippen LogP contribution < -0.4 is 14.8 Å². The monoisotopic (exact) mass is 283 g/mol. The average molecular weight is 283 g/mol. The fourth-order valence-corrected chi connectivity index (χ4v) is 2.08. The van der Waals surface area contributed by atoms with Gasteiger partial charge in [0.15, 0.2) is 6.61 Å². The zero-order valence-electron chi connectivity index (χ0n) is 11.2. The molecule has 2 aromatic carbocycles. The summed E-state index contributed by atoms with van der Waals surface area (Å²) in [7, 11) is 0. The summed E-state index contributed by atoms with van der Waals surface area (Å²) in [6, 6.07) is 14.7. The standard InChI is InChI=1S/C16H13NO4/c18-14-10-21-13-8-4-7-12(15(13)16(19)17-14)20-9-11-5-2-1-3-6-11/h1-8H,9-10H2,(H,17,18,19). The van der Waals surface area contributed by atoms with E-state index in [1.54, 1.807) is 18.2 Å². The maximum Gasteiger partial charge on any atom is 0.265 e. The van der Waals surface area contributed by atoms with Gasteiger partial charge in [0.1, 0.15) is 23.7 Å². The predicted molar refractivity (Wildman–Crippen MR) is 75.2 cm³/mol. The van der Waals surface area contributed by atoms with Gasteiger partial charge in [-0.3, -0.25) is 14.9 Å². The van der Waals surface area contributed by atoms with E-state index in [1.165, 1.54) is 0 Å². The summed E-state index contributed by atoms with van der Waals surface area (Å²) in [4.78, 5) is 23.4. The SMILES string of the molecule is O=C1COc2cccc(OCc3ccccc3)c2C(=O)N1. The zero-order valence-corrected chi connectivity index (χ0v) is 11.2. The molecule has 5 nitrogen and oxygen atoms in total. The van der Waals surface area contributed by atoms with Crippen LogP contribution in [0.15, 0.2) is 48.5 Å². The zero-order chi connectivity index (χ0) is 14.7. The maximum absolute atomic E-state index is 12.1. The molecule has 0 unspecified atom stereocenters. The van der Waals surface area contributed by atoms with Crippen LogP contribution in [0.3, 0.4) is 0 Å². The summed E-state index contributed by atoms with van der Waals surface area (Å²) < 4.78 is 11.0. The second-order valence-electron chi connectivity index (χ2n) is 4.57. The highest BCUT2D eigenvalue weighted by molar-refractivity contribution is 6.09. The fourth-order valence-electron chi connectivity index (χ4n) is 2.08. The number of hydrogen-bond acceptors (Lipinski definition) is 4. The van der Waals surface area contributed by atoms with Gasteiger partial charge < -0.3 is 9.47 Å². The van der Waals surface area contributed by atoms with Gasteiger partial charge >= 0.3 is 0 Å². The van der Waals surface area contributed by atoms with Gasteiger partial charge in [0.25, 0.3) is 11.8 Å². The molecule has 0 bridgehead atoms. The molecule has 0 saturated carbocycles. The molecule has 0 radical (unpaired) electrons. The van der Waals surface area contributed by atoms with Crippen LogP contribution in [-0.4, -0.2) is 18.4 Å². The van der Waals surface area contributed by atoms with E-state index in [2.05, 4.69) is 5.32 Å². The predicted octanol–water partition coefficient (Wildman–Crippen LogP) is 1.91. The van der Waals surface area contributed by atoms with Gasteiger partial charge in [-0.05, 0) is 17.7 Å². The summed E-state index contributed by atoms with van der Waals surface area (Å²) >= 11 is 0. The van der Waals surface area contributed by atoms with Gasteiger partial charge in [0.2, 0.25) is 0 Å². The molecule has 21 heavy (non-hydrogen) atoms. The van der Waals surface area contributed by atoms with E-state index < -0.39 is 11.8 Å². The Balaban J connectivity index is 1.87. The molecule has 1 aliphatic rings. The van der Waals surface area contributed by atoms with E-state index in [9.17, 15) is 9.59 Å². The van der Waals surface area contributed by atoms with Crippen molar-refractivity contribution in [1.29, 1.82) is 0 Å². The summed E-state index contributed by atoms with van der Waals surface area (Å²) in [5.41, 5.74) is 1.24. The Morgan fingerprint density at radius 2 is 1.86 bits per heavy atom. The van der Waals surface area contributed by atoms with Gasteiger partial charge in [-0.15, -0.1) is 0 Å². The molecule has 5 heteroatoms. The van der Waals surface area contributed by atoms with E-state index in [1.807, 2.05) is 30.3 Å². The number of hydrogen-bond donors (Lipinski definition) is 1. The molecule has 2 amide bonds. The summed E-state index contributed by atoms with van der Waals surface area (Å²) in [6.45, 7) is 0.152. The van der Waals surface area contributed by atoms with Crippen molar-refractivity contribution >= 4 is 11.8 Å². The molecule has 1 heterocycles. The molecule has 0 aliphatic carbocycles. The lowest BCUT2D eigenvalue weighted by molar-refractivity contribution is -0.121. The van der Waals surface area contributed by atoms with Crippen LogP contribution in [0.4, 0.5) is 0 Å². The van der Waals surface area contributed by atoms with Crippen molar-refractivity contribution in [3.05, 3.63) is 59.7 Å². The third-order valence-corrected chi connectivity index (χ3v) is 3.06. The van der Waals surface area contributed by atoms with Crippen molar-refractivity contribution in [2.75, 3.05) is 6.61 Å². The average Bonchev–Trinajstić information content (AvgIpc) is 2.65. The molecule has 0 spiro atoms. The third-order valence-electron chi connectivity index (χ3n) is 3.06. The van der Waals surface area contributed by atoms with Gasteiger partial charge in [-0.25, -0.2) is 0 Å². The number of nitrogens with one attached hydrogen (secondary N) is 1. The van der Waals surface area contributed by atoms with Gasteiger partial charge in [-0.1, -0.05) is 36.4 Å². The quantitative estimate of drug-likeness (QED) is 0.874. The molecular weight excluding hydrogens is 270 g/mol. The van der Waals surface area contributed by atoms with E-state index in [-0.39, 0.29) is 12.2 Å². The van der Waals surface area contributed by atoms with Crippen LogP contribution in [0, 0.1) is 0 Å². The van der Waals surface area contributed by atoms with Gasteiger partial charge in [0.05, 0.1) is 0 Å². The second-order valence-corrected chi connectivity index (χ2v) is 4.57. The smallest absolute Gasteiger partial charge is 0.265 e.